The van der Waals surface area contributed by atoms with Gasteiger partial charge in [-0.1, -0.05) is 102 Å². The SMILES string of the molecule is CNC(=O)[C@@H](Cc1ccccc1)N(Cc1ccccc1)C(=O)CN(c1cc(Cl)ccc1Cl)S(=O)(=O)c1ccc(C)cc1. The van der Waals surface area contributed by atoms with Gasteiger partial charge in [0.25, 0.3) is 10.0 Å². The molecule has 0 saturated heterocycles. The molecule has 0 bridgehead atoms. The van der Waals surface area contributed by atoms with Crippen LogP contribution in [0.1, 0.15) is 16.7 Å². The van der Waals surface area contributed by atoms with Gasteiger partial charge in [-0.25, -0.2) is 8.42 Å². The monoisotopic (exact) mass is 623 g/mol. The number of sulfonamides is 1. The average Bonchev–Trinajstić information content (AvgIpc) is 2.99. The summed E-state index contributed by atoms with van der Waals surface area (Å²) in [6.45, 7) is 1.30. The Labute approximate surface area is 256 Å². The van der Waals surface area contributed by atoms with Crippen LogP contribution in [0.25, 0.3) is 0 Å². The number of aryl methyl sites for hydroxylation is 1. The van der Waals surface area contributed by atoms with E-state index < -0.39 is 28.5 Å². The van der Waals surface area contributed by atoms with Crippen molar-refractivity contribution in [1.29, 1.82) is 0 Å². The first-order valence-electron chi connectivity index (χ1n) is 13.2. The molecule has 0 aliphatic heterocycles. The van der Waals surface area contributed by atoms with Crippen molar-refractivity contribution in [2.45, 2.75) is 30.8 Å². The van der Waals surface area contributed by atoms with E-state index >= 15 is 0 Å². The summed E-state index contributed by atoms with van der Waals surface area (Å²) in [5.74, 6) is -0.966. The zero-order chi connectivity index (χ0) is 30.3. The maximum Gasteiger partial charge on any atom is 0.264 e. The minimum absolute atomic E-state index is 0.0151. The molecule has 4 rings (SSSR count). The highest BCUT2D eigenvalue weighted by Gasteiger charge is 2.35. The Bertz CT molecular complexity index is 1630. The van der Waals surface area contributed by atoms with Crippen LogP contribution in [0.4, 0.5) is 5.69 Å². The number of benzene rings is 4. The average molecular weight is 625 g/mol. The fourth-order valence-electron chi connectivity index (χ4n) is 4.53. The predicted molar refractivity (Wildman–Crippen MR) is 167 cm³/mol. The Morgan fingerprint density at radius 3 is 2.02 bits per heavy atom. The minimum Gasteiger partial charge on any atom is -0.357 e. The molecule has 0 aromatic heterocycles. The molecule has 0 aliphatic carbocycles. The number of halogens is 2. The molecule has 0 saturated carbocycles. The number of rotatable bonds is 11. The molecule has 218 valence electrons. The molecule has 4 aromatic carbocycles. The highest BCUT2D eigenvalue weighted by molar-refractivity contribution is 7.92. The van der Waals surface area contributed by atoms with Crippen LogP contribution >= 0.6 is 23.2 Å². The molecule has 0 spiro atoms. The van der Waals surface area contributed by atoms with Crippen LogP contribution in [0.2, 0.25) is 10.0 Å². The van der Waals surface area contributed by atoms with Gasteiger partial charge in [-0.3, -0.25) is 13.9 Å². The third-order valence-electron chi connectivity index (χ3n) is 6.78. The molecule has 0 aliphatic rings. The van der Waals surface area contributed by atoms with Crippen LogP contribution in [0.15, 0.2) is 108 Å². The molecule has 0 radical (unpaired) electrons. The highest BCUT2D eigenvalue weighted by atomic mass is 35.5. The van der Waals surface area contributed by atoms with Crippen LogP contribution in [-0.4, -0.2) is 44.8 Å². The van der Waals surface area contributed by atoms with Crippen molar-refractivity contribution in [3.05, 3.63) is 130 Å². The number of likely N-dealkylation sites (N-methyl/N-ethyl adjacent to an activating group) is 1. The van der Waals surface area contributed by atoms with E-state index in [0.29, 0.717) is 0 Å². The maximum absolute atomic E-state index is 14.3. The van der Waals surface area contributed by atoms with Gasteiger partial charge in [-0.2, -0.15) is 0 Å². The maximum atomic E-state index is 14.3. The summed E-state index contributed by atoms with van der Waals surface area (Å²) in [5.41, 5.74) is 2.55. The van der Waals surface area contributed by atoms with Crippen molar-refractivity contribution in [2.24, 2.45) is 0 Å². The zero-order valence-electron chi connectivity index (χ0n) is 23.2. The van der Waals surface area contributed by atoms with Gasteiger partial charge in [0.1, 0.15) is 12.6 Å². The lowest BCUT2D eigenvalue weighted by Gasteiger charge is -2.33. The second-order valence-corrected chi connectivity index (χ2v) is 12.5. The molecule has 0 heterocycles. The van der Waals surface area contributed by atoms with Gasteiger partial charge in [0.15, 0.2) is 0 Å². The topological polar surface area (TPSA) is 86.8 Å². The van der Waals surface area contributed by atoms with Gasteiger partial charge in [0.2, 0.25) is 11.8 Å². The Morgan fingerprint density at radius 1 is 0.833 bits per heavy atom. The molecular weight excluding hydrogens is 593 g/mol. The number of amides is 2. The van der Waals surface area contributed by atoms with Crippen molar-refractivity contribution in [2.75, 3.05) is 17.9 Å². The van der Waals surface area contributed by atoms with Crippen molar-refractivity contribution in [1.82, 2.24) is 10.2 Å². The zero-order valence-corrected chi connectivity index (χ0v) is 25.5. The van der Waals surface area contributed by atoms with E-state index in [9.17, 15) is 18.0 Å². The summed E-state index contributed by atoms with van der Waals surface area (Å²) in [7, 11) is -2.77. The van der Waals surface area contributed by atoms with E-state index in [0.717, 1.165) is 21.0 Å². The van der Waals surface area contributed by atoms with E-state index in [-0.39, 0.29) is 39.5 Å². The van der Waals surface area contributed by atoms with Crippen molar-refractivity contribution < 1.29 is 18.0 Å². The molecule has 1 N–H and O–H groups in total. The molecule has 4 aromatic rings. The number of carbonyl (C=O) groups excluding carboxylic acids is 2. The number of carbonyl (C=O) groups is 2. The Balaban J connectivity index is 1.81. The van der Waals surface area contributed by atoms with Crippen LogP contribution < -0.4 is 9.62 Å². The number of nitrogens with one attached hydrogen (secondary N) is 1. The Morgan fingerprint density at radius 2 is 1.43 bits per heavy atom. The number of hydrogen-bond donors (Lipinski definition) is 1. The van der Waals surface area contributed by atoms with Crippen molar-refractivity contribution >= 4 is 50.7 Å². The summed E-state index contributed by atoms with van der Waals surface area (Å²) in [6, 6.07) is 28.4. The third-order valence-corrected chi connectivity index (χ3v) is 9.11. The molecule has 7 nitrogen and oxygen atoms in total. The quantitative estimate of drug-likeness (QED) is 0.226. The lowest BCUT2D eigenvalue weighted by Crippen LogP contribution is -2.53. The van der Waals surface area contributed by atoms with E-state index in [1.54, 1.807) is 12.1 Å². The molecule has 0 fully saturated rings. The highest BCUT2D eigenvalue weighted by Crippen LogP contribution is 2.33. The molecule has 1 atom stereocenters. The van der Waals surface area contributed by atoms with Crippen LogP contribution in [0.3, 0.4) is 0 Å². The van der Waals surface area contributed by atoms with E-state index in [4.69, 9.17) is 23.2 Å². The molecule has 42 heavy (non-hydrogen) atoms. The minimum atomic E-state index is -4.28. The lowest BCUT2D eigenvalue weighted by atomic mass is 10.0. The largest absolute Gasteiger partial charge is 0.357 e. The normalized spacial score (nSPS) is 11.9. The standard InChI is InChI=1S/C32H31Cl2N3O4S/c1-23-13-16-27(17-14-23)42(40,41)37(29-20-26(33)15-18-28(29)34)22-31(38)36(21-25-11-7-4-8-12-25)30(32(39)35-2)19-24-9-5-3-6-10-24/h3-18,20,30H,19,21-22H2,1-2H3,(H,35,39)/t30-/m1/s1. The van der Waals surface area contributed by atoms with Crippen molar-refractivity contribution in [3.8, 4) is 0 Å². The summed E-state index contributed by atoms with van der Waals surface area (Å²) in [5, 5.41) is 3.02. The van der Waals surface area contributed by atoms with Gasteiger partial charge in [-0.05, 0) is 48.4 Å². The number of nitrogens with zero attached hydrogens (tertiary/aromatic N) is 2. The summed E-state index contributed by atoms with van der Waals surface area (Å²) in [4.78, 5) is 29.0. The Kier molecular flexibility index (Phi) is 10.3. The van der Waals surface area contributed by atoms with Crippen LogP contribution in [0, 0.1) is 6.92 Å². The smallest absolute Gasteiger partial charge is 0.264 e. The third kappa shape index (κ3) is 7.50. The predicted octanol–water partition coefficient (Wildman–Crippen LogP) is 5.88. The second kappa shape index (κ2) is 13.9. The van der Waals surface area contributed by atoms with E-state index in [1.165, 1.54) is 42.3 Å². The first kappa shape index (κ1) is 31.1. The number of anilines is 1. The summed E-state index contributed by atoms with van der Waals surface area (Å²) < 4.78 is 29.1. The van der Waals surface area contributed by atoms with Gasteiger partial charge < -0.3 is 10.2 Å². The number of hydrogen-bond acceptors (Lipinski definition) is 4. The summed E-state index contributed by atoms with van der Waals surface area (Å²) >= 11 is 12.7. The van der Waals surface area contributed by atoms with E-state index in [2.05, 4.69) is 5.32 Å². The molecule has 2 amide bonds. The summed E-state index contributed by atoms with van der Waals surface area (Å²) in [6.07, 6.45) is 0.224. The van der Waals surface area contributed by atoms with Gasteiger partial charge in [0.05, 0.1) is 15.6 Å². The van der Waals surface area contributed by atoms with Crippen LogP contribution in [0.5, 0.6) is 0 Å². The van der Waals surface area contributed by atoms with Crippen molar-refractivity contribution in [3.63, 3.8) is 0 Å². The molecule has 10 heteroatoms. The van der Waals surface area contributed by atoms with E-state index in [1.807, 2.05) is 67.6 Å². The fourth-order valence-corrected chi connectivity index (χ4v) is 6.39. The fraction of sp³-hybridized carbons (Fsp3) is 0.188. The first-order chi connectivity index (χ1) is 20.1. The first-order valence-corrected chi connectivity index (χ1v) is 15.4. The van der Waals surface area contributed by atoms with Gasteiger partial charge in [-0.15, -0.1) is 0 Å². The van der Waals surface area contributed by atoms with Gasteiger partial charge in [0, 0.05) is 25.0 Å². The Hall–Kier alpha value is -3.85. The lowest BCUT2D eigenvalue weighted by molar-refractivity contribution is -0.139. The molecular formula is C32H31Cl2N3O4S. The second-order valence-electron chi connectivity index (χ2n) is 9.75. The van der Waals surface area contributed by atoms with Gasteiger partial charge >= 0.3 is 0 Å². The van der Waals surface area contributed by atoms with Crippen LogP contribution in [-0.2, 0) is 32.6 Å². The molecule has 0 unspecified atom stereocenters.